The van der Waals surface area contributed by atoms with E-state index in [0.717, 1.165) is 34.8 Å². The van der Waals surface area contributed by atoms with Gasteiger partial charge in [-0.15, -0.1) is 5.73 Å². The molecule has 4 heteroatoms. The number of hydrogen-bond donors (Lipinski definition) is 3. The van der Waals surface area contributed by atoms with Gasteiger partial charge in [-0.2, -0.15) is 0 Å². The molecule has 2 aromatic carbocycles. The van der Waals surface area contributed by atoms with Crippen molar-refractivity contribution in [1.82, 2.24) is 0 Å². The van der Waals surface area contributed by atoms with Crippen molar-refractivity contribution in [3.05, 3.63) is 83.5 Å². The molecule has 0 unspecified atom stereocenters. The van der Waals surface area contributed by atoms with Gasteiger partial charge in [0.05, 0.1) is 12.4 Å². The SMILES string of the molecule is CCCC(=C=CC[C@@H](O)c1ccc(O)c2ccccc12)C[C@@H](O)c1ccco1. The first kappa shape index (κ1) is 20.0. The summed E-state index contributed by atoms with van der Waals surface area (Å²) < 4.78 is 5.26. The molecule has 146 valence electrons. The Hall–Kier alpha value is -2.78. The number of rotatable bonds is 8. The van der Waals surface area contributed by atoms with Crippen molar-refractivity contribution >= 4 is 10.8 Å². The fraction of sp³-hybridized carbons (Fsp3) is 0.292. The highest BCUT2D eigenvalue weighted by molar-refractivity contribution is 5.91. The molecule has 28 heavy (non-hydrogen) atoms. The summed E-state index contributed by atoms with van der Waals surface area (Å²) in [5, 5.41) is 32.5. The molecule has 1 heterocycles. The minimum atomic E-state index is -0.698. The quantitative estimate of drug-likeness (QED) is 0.448. The van der Waals surface area contributed by atoms with E-state index < -0.39 is 12.2 Å². The van der Waals surface area contributed by atoms with Gasteiger partial charge in [0.2, 0.25) is 0 Å². The zero-order valence-electron chi connectivity index (χ0n) is 16.0. The number of aliphatic hydroxyl groups is 2. The topological polar surface area (TPSA) is 73.8 Å². The van der Waals surface area contributed by atoms with E-state index in [-0.39, 0.29) is 5.75 Å². The van der Waals surface area contributed by atoms with Gasteiger partial charge in [0, 0.05) is 18.2 Å². The molecule has 0 fully saturated rings. The lowest BCUT2D eigenvalue weighted by Crippen LogP contribution is -1.98. The van der Waals surface area contributed by atoms with Crippen LogP contribution in [-0.4, -0.2) is 15.3 Å². The first-order valence-corrected chi connectivity index (χ1v) is 9.63. The standard InChI is InChI=1S/C24H26O4/c1-2-7-17(16-23(27)24-12-6-15-28-24)8-5-11-21(25)20-13-14-22(26)19-10-4-3-9-18(19)20/h3-6,9-10,12-15,21,23,25-27H,2,7,11,16H2,1H3/t8?,21-,23-/m1/s1. The van der Waals surface area contributed by atoms with E-state index in [4.69, 9.17) is 4.42 Å². The smallest absolute Gasteiger partial charge is 0.132 e. The number of aromatic hydroxyl groups is 1. The summed E-state index contributed by atoms with van der Waals surface area (Å²) in [6.07, 6.45) is 4.62. The average molecular weight is 378 g/mol. The molecular formula is C24H26O4. The average Bonchev–Trinajstić information content (AvgIpc) is 3.23. The summed E-state index contributed by atoms with van der Waals surface area (Å²) in [7, 11) is 0. The third-order valence-corrected chi connectivity index (χ3v) is 4.80. The van der Waals surface area contributed by atoms with E-state index >= 15 is 0 Å². The third-order valence-electron chi connectivity index (χ3n) is 4.80. The van der Waals surface area contributed by atoms with Crippen molar-refractivity contribution in [3.8, 4) is 5.75 Å². The fourth-order valence-corrected chi connectivity index (χ4v) is 3.39. The number of benzene rings is 2. The van der Waals surface area contributed by atoms with E-state index in [9.17, 15) is 15.3 Å². The summed E-state index contributed by atoms with van der Waals surface area (Å²) in [5.74, 6) is 0.755. The largest absolute Gasteiger partial charge is 0.507 e. The molecule has 0 saturated heterocycles. The van der Waals surface area contributed by atoms with Gasteiger partial charge in [-0.05, 0) is 47.2 Å². The lowest BCUT2D eigenvalue weighted by molar-refractivity contribution is 0.149. The maximum Gasteiger partial charge on any atom is 0.132 e. The lowest BCUT2D eigenvalue weighted by atomic mass is 9.97. The highest BCUT2D eigenvalue weighted by Crippen LogP contribution is 2.32. The predicted molar refractivity (Wildman–Crippen MR) is 110 cm³/mol. The van der Waals surface area contributed by atoms with E-state index in [0.29, 0.717) is 18.6 Å². The van der Waals surface area contributed by atoms with Crippen LogP contribution < -0.4 is 0 Å². The van der Waals surface area contributed by atoms with Crippen LogP contribution in [0.15, 0.2) is 76.6 Å². The van der Waals surface area contributed by atoms with Crippen LogP contribution in [0.2, 0.25) is 0 Å². The molecule has 0 radical (unpaired) electrons. The van der Waals surface area contributed by atoms with Crippen LogP contribution in [0, 0.1) is 0 Å². The van der Waals surface area contributed by atoms with Crippen molar-refractivity contribution in [2.24, 2.45) is 0 Å². The minimum Gasteiger partial charge on any atom is -0.507 e. The number of hydrogen-bond acceptors (Lipinski definition) is 4. The molecule has 3 N–H and O–H groups in total. The first-order valence-electron chi connectivity index (χ1n) is 9.63. The molecule has 0 spiro atoms. The van der Waals surface area contributed by atoms with Gasteiger partial charge in [-0.3, -0.25) is 0 Å². The van der Waals surface area contributed by atoms with Crippen LogP contribution >= 0.6 is 0 Å². The van der Waals surface area contributed by atoms with Gasteiger partial charge in [0.15, 0.2) is 0 Å². The number of aliphatic hydroxyl groups excluding tert-OH is 2. The lowest BCUT2D eigenvalue weighted by Gasteiger charge is -2.13. The second-order valence-electron chi connectivity index (χ2n) is 6.91. The second-order valence-corrected chi connectivity index (χ2v) is 6.91. The maximum atomic E-state index is 10.7. The van der Waals surface area contributed by atoms with Gasteiger partial charge in [-0.1, -0.05) is 43.7 Å². The van der Waals surface area contributed by atoms with Crippen molar-refractivity contribution in [3.63, 3.8) is 0 Å². The Kier molecular flexibility index (Phi) is 6.72. The van der Waals surface area contributed by atoms with E-state index in [2.05, 4.69) is 12.7 Å². The van der Waals surface area contributed by atoms with Crippen LogP contribution in [0.5, 0.6) is 5.75 Å². The summed E-state index contributed by atoms with van der Waals surface area (Å²) in [4.78, 5) is 0. The van der Waals surface area contributed by atoms with Crippen molar-refractivity contribution in [2.45, 2.75) is 44.8 Å². The zero-order chi connectivity index (χ0) is 19.9. The molecule has 0 aliphatic carbocycles. The molecule has 0 aliphatic heterocycles. The fourth-order valence-electron chi connectivity index (χ4n) is 3.39. The van der Waals surface area contributed by atoms with Crippen LogP contribution in [0.25, 0.3) is 10.8 Å². The Morgan fingerprint density at radius 1 is 1.04 bits per heavy atom. The Balaban J connectivity index is 1.76. The van der Waals surface area contributed by atoms with E-state index in [1.807, 2.05) is 30.3 Å². The first-order chi connectivity index (χ1) is 13.6. The highest BCUT2D eigenvalue weighted by atomic mass is 16.4. The molecule has 0 amide bonds. The normalized spacial score (nSPS) is 13.1. The molecule has 3 rings (SSSR count). The Morgan fingerprint density at radius 3 is 2.54 bits per heavy atom. The number of fused-ring (bicyclic) bond motifs is 1. The summed E-state index contributed by atoms with van der Waals surface area (Å²) in [6, 6.07) is 14.4. The summed E-state index contributed by atoms with van der Waals surface area (Å²) >= 11 is 0. The Labute approximate surface area is 165 Å². The molecule has 0 aliphatic rings. The van der Waals surface area contributed by atoms with Crippen molar-refractivity contribution in [1.29, 1.82) is 0 Å². The van der Waals surface area contributed by atoms with Gasteiger partial charge in [0.25, 0.3) is 0 Å². The van der Waals surface area contributed by atoms with Crippen molar-refractivity contribution < 1.29 is 19.7 Å². The number of phenols is 1. The molecule has 0 saturated carbocycles. The Morgan fingerprint density at radius 2 is 1.82 bits per heavy atom. The second kappa shape index (κ2) is 9.43. The number of phenolic OH excluding ortho intramolecular Hbond substituents is 1. The minimum absolute atomic E-state index is 0.208. The van der Waals surface area contributed by atoms with Gasteiger partial charge < -0.3 is 19.7 Å². The zero-order valence-corrected chi connectivity index (χ0v) is 16.0. The molecule has 2 atom stereocenters. The summed E-state index contributed by atoms with van der Waals surface area (Å²) in [6.45, 7) is 2.08. The third kappa shape index (κ3) is 4.73. The maximum absolute atomic E-state index is 10.7. The molecular weight excluding hydrogens is 352 g/mol. The predicted octanol–water partition coefficient (Wildman–Crippen LogP) is 5.57. The molecule has 0 bridgehead atoms. The molecule has 4 nitrogen and oxygen atoms in total. The van der Waals surface area contributed by atoms with Crippen LogP contribution in [0.3, 0.4) is 0 Å². The van der Waals surface area contributed by atoms with Gasteiger partial charge in [-0.25, -0.2) is 0 Å². The summed E-state index contributed by atoms with van der Waals surface area (Å²) in [5.41, 5.74) is 5.03. The molecule has 3 aromatic rings. The Bertz CT molecular complexity index is 965. The highest BCUT2D eigenvalue weighted by Gasteiger charge is 2.13. The van der Waals surface area contributed by atoms with Crippen LogP contribution in [0.4, 0.5) is 0 Å². The van der Waals surface area contributed by atoms with Crippen molar-refractivity contribution in [2.75, 3.05) is 0 Å². The van der Waals surface area contributed by atoms with Crippen LogP contribution in [-0.2, 0) is 0 Å². The van der Waals surface area contributed by atoms with E-state index in [1.165, 1.54) is 0 Å². The van der Waals surface area contributed by atoms with E-state index in [1.54, 1.807) is 30.5 Å². The van der Waals surface area contributed by atoms with Gasteiger partial charge >= 0.3 is 0 Å². The monoisotopic (exact) mass is 378 g/mol. The van der Waals surface area contributed by atoms with Crippen LogP contribution in [0.1, 0.15) is 56.1 Å². The molecule has 1 aromatic heterocycles. The number of furan rings is 1. The van der Waals surface area contributed by atoms with Gasteiger partial charge in [0.1, 0.15) is 17.6 Å².